The zero-order valence-electron chi connectivity index (χ0n) is 12.5. The number of oxazole rings is 1. The van der Waals surface area contributed by atoms with Crippen LogP contribution in [0.4, 0.5) is 0 Å². The van der Waals surface area contributed by atoms with Gasteiger partial charge in [-0.05, 0) is 43.3 Å². The number of hydrogen-bond acceptors (Lipinski definition) is 4. The number of H-pyrrole nitrogens is 1. The maximum Gasteiger partial charge on any atom is 0.266 e. The van der Waals surface area contributed by atoms with Crippen molar-refractivity contribution in [1.29, 1.82) is 0 Å². The summed E-state index contributed by atoms with van der Waals surface area (Å²) in [6.45, 7) is 2.51. The van der Waals surface area contributed by atoms with Crippen molar-refractivity contribution in [3.8, 4) is 0 Å². The van der Waals surface area contributed by atoms with E-state index in [1.165, 1.54) is 0 Å². The molecule has 1 saturated carbocycles. The second-order valence-electron chi connectivity index (χ2n) is 6.32. The summed E-state index contributed by atoms with van der Waals surface area (Å²) in [7, 11) is 0. The van der Waals surface area contributed by atoms with Crippen molar-refractivity contribution in [3.05, 3.63) is 28.6 Å². The molecule has 1 aliphatic rings. The lowest BCUT2D eigenvalue weighted by atomic mass is 9.73. The molecule has 6 heteroatoms. The summed E-state index contributed by atoms with van der Waals surface area (Å²) in [6, 6.07) is 5.19. The first kappa shape index (κ1) is 15.2. The number of rotatable bonds is 3. The molecule has 3 N–H and O–H groups in total. The predicted octanol–water partition coefficient (Wildman–Crippen LogP) is 3.16. The van der Waals surface area contributed by atoms with Gasteiger partial charge < -0.3 is 19.8 Å². The standard InChI is InChI=1S/C16H20N2O3S/c1-16(7-3-2-4-13(16)19)9-17-14(20)10-5-6-11-12(8-10)21-15(22)18-11/h5-6,8,13,19H,2-4,7,9H2,1H3,(H,17,20)(H,18,22)/t13-,16+/m0/s1. The van der Waals surface area contributed by atoms with Crippen LogP contribution in [0.3, 0.4) is 0 Å². The lowest BCUT2D eigenvalue weighted by Gasteiger charge is -2.38. The van der Waals surface area contributed by atoms with Crippen molar-refractivity contribution in [1.82, 2.24) is 10.3 Å². The molecular formula is C16H20N2O3S. The molecule has 1 aromatic carbocycles. The maximum absolute atomic E-state index is 12.3. The van der Waals surface area contributed by atoms with Gasteiger partial charge in [-0.3, -0.25) is 4.79 Å². The summed E-state index contributed by atoms with van der Waals surface area (Å²) in [4.78, 5) is 15.5. The third-order valence-corrected chi connectivity index (χ3v) is 4.80. The SMILES string of the molecule is C[C@]1(CNC(=O)c2ccc3[nH]c(=S)oc3c2)CCCC[C@@H]1O. The molecule has 1 amide bonds. The Morgan fingerprint density at radius 2 is 2.36 bits per heavy atom. The Labute approximate surface area is 133 Å². The monoisotopic (exact) mass is 320 g/mol. The van der Waals surface area contributed by atoms with Crippen molar-refractivity contribution < 1.29 is 14.3 Å². The van der Waals surface area contributed by atoms with Gasteiger partial charge >= 0.3 is 0 Å². The van der Waals surface area contributed by atoms with E-state index in [0.29, 0.717) is 22.5 Å². The summed E-state index contributed by atoms with van der Waals surface area (Å²) >= 11 is 4.94. The van der Waals surface area contributed by atoms with Crippen molar-refractivity contribution >= 4 is 29.2 Å². The first-order chi connectivity index (χ1) is 10.5. The Morgan fingerprint density at radius 3 is 3.14 bits per heavy atom. The minimum atomic E-state index is -0.355. The molecule has 0 radical (unpaired) electrons. The number of nitrogens with one attached hydrogen (secondary N) is 2. The van der Waals surface area contributed by atoms with Gasteiger partial charge in [0.2, 0.25) is 0 Å². The van der Waals surface area contributed by atoms with Crippen LogP contribution in [0, 0.1) is 10.3 Å². The van der Waals surface area contributed by atoms with Gasteiger partial charge in [0.25, 0.3) is 10.7 Å². The maximum atomic E-state index is 12.3. The Bertz CT molecular complexity index is 751. The second-order valence-corrected chi connectivity index (χ2v) is 6.69. The van der Waals surface area contributed by atoms with E-state index < -0.39 is 0 Å². The molecule has 1 aromatic heterocycles. The molecule has 0 spiro atoms. The number of fused-ring (bicyclic) bond motifs is 1. The third kappa shape index (κ3) is 2.94. The summed E-state index contributed by atoms with van der Waals surface area (Å²) in [5, 5.41) is 13.1. The summed E-state index contributed by atoms with van der Waals surface area (Å²) in [5.74, 6) is -0.164. The molecule has 0 saturated heterocycles. The van der Waals surface area contributed by atoms with Crippen molar-refractivity contribution in [2.75, 3.05) is 6.54 Å². The number of hydrogen-bond donors (Lipinski definition) is 3. The molecule has 2 aromatic rings. The van der Waals surface area contributed by atoms with Gasteiger partial charge in [-0.2, -0.15) is 0 Å². The predicted molar refractivity (Wildman–Crippen MR) is 86.3 cm³/mol. The van der Waals surface area contributed by atoms with Crippen LogP contribution < -0.4 is 5.32 Å². The highest BCUT2D eigenvalue weighted by atomic mass is 32.1. The summed E-state index contributed by atoms with van der Waals surface area (Å²) in [6.07, 6.45) is 3.53. The molecule has 118 valence electrons. The minimum Gasteiger partial charge on any atom is -0.429 e. The number of aliphatic hydroxyl groups excluding tert-OH is 1. The average Bonchev–Trinajstić information content (AvgIpc) is 2.87. The van der Waals surface area contributed by atoms with Gasteiger partial charge in [0.1, 0.15) is 0 Å². The lowest BCUT2D eigenvalue weighted by molar-refractivity contribution is 0.00190. The molecule has 0 aliphatic heterocycles. The quantitative estimate of drug-likeness (QED) is 0.759. The van der Waals surface area contributed by atoms with E-state index >= 15 is 0 Å². The topological polar surface area (TPSA) is 78.3 Å². The lowest BCUT2D eigenvalue weighted by Crippen LogP contribution is -2.45. The van der Waals surface area contributed by atoms with E-state index in [4.69, 9.17) is 16.6 Å². The Morgan fingerprint density at radius 1 is 1.55 bits per heavy atom. The Balaban J connectivity index is 1.71. The van der Waals surface area contributed by atoms with Crippen molar-refractivity contribution in [3.63, 3.8) is 0 Å². The van der Waals surface area contributed by atoms with Gasteiger partial charge in [-0.1, -0.05) is 19.8 Å². The number of carbonyl (C=O) groups is 1. The minimum absolute atomic E-state index is 0.164. The molecule has 22 heavy (non-hydrogen) atoms. The van der Waals surface area contributed by atoms with Crippen LogP contribution in [0.15, 0.2) is 22.6 Å². The van der Waals surface area contributed by atoms with Gasteiger partial charge in [-0.25, -0.2) is 0 Å². The van der Waals surface area contributed by atoms with Crippen LogP contribution in [0.25, 0.3) is 11.1 Å². The first-order valence-electron chi connectivity index (χ1n) is 7.57. The van der Waals surface area contributed by atoms with E-state index in [-0.39, 0.29) is 17.4 Å². The fourth-order valence-corrected chi connectivity index (χ4v) is 3.26. The van der Waals surface area contributed by atoms with Crippen LogP contribution >= 0.6 is 12.2 Å². The van der Waals surface area contributed by atoms with Gasteiger partial charge in [0, 0.05) is 17.5 Å². The van der Waals surface area contributed by atoms with Crippen LogP contribution in [0.1, 0.15) is 43.0 Å². The first-order valence-corrected chi connectivity index (χ1v) is 7.98. The zero-order valence-corrected chi connectivity index (χ0v) is 13.3. The number of aromatic amines is 1. The Kier molecular flexibility index (Phi) is 4.06. The van der Waals surface area contributed by atoms with Gasteiger partial charge in [0.05, 0.1) is 11.6 Å². The zero-order chi connectivity index (χ0) is 15.7. The van der Waals surface area contributed by atoms with E-state index in [0.717, 1.165) is 31.2 Å². The molecule has 0 bridgehead atoms. The van der Waals surface area contributed by atoms with Gasteiger partial charge in [-0.15, -0.1) is 0 Å². The number of carbonyl (C=O) groups excluding carboxylic acids is 1. The number of benzene rings is 1. The van der Waals surface area contributed by atoms with Crippen LogP contribution in [-0.2, 0) is 0 Å². The van der Waals surface area contributed by atoms with Crippen LogP contribution in [-0.4, -0.2) is 28.6 Å². The van der Waals surface area contributed by atoms with E-state index in [2.05, 4.69) is 10.3 Å². The molecule has 0 unspecified atom stereocenters. The van der Waals surface area contributed by atoms with Crippen molar-refractivity contribution in [2.45, 2.75) is 38.7 Å². The highest BCUT2D eigenvalue weighted by Gasteiger charge is 2.35. The average molecular weight is 320 g/mol. The largest absolute Gasteiger partial charge is 0.429 e. The molecular weight excluding hydrogens is 300 g/mol. The van der Waals surface area contributed by atoms with Gasteiger partial charge in [0.15, 0.2) is 5.58 Å². The van der Waals surface area contributed by atoms with Crippen LogP contribution in [0.5, 0.6) is 0 Å². The second kappa shape index (κ2) is 5.85. The highest BCUT2D eigenvalue weighted by Crippen LogP contribution is 2.35. The molecule has 1 aliphatic carbocycles. The normalized spacial score (nSPS) is 25.3. The molecule has 1 heterocycles. The van der Waals surface area contributed by atoms with E-state index in [1.54, 1.807) is 18.2 Å². The molecule has 5 nitrogen and oxygen atoms in total. The van der Waals surface area contributed by atoms with E-state index in [9.17, 15) is 9.90 Å². The fourth-order valence-electron chi connectivity index (χ4n) is 3.06. The summed E-state index contributed by atoms with van der Waals surface area (Å²) < 4.78 is 5.33. The molecule has 1 fully saturated rings. The number of aromatic nitrogens is 1. The van der Waals surface area contributed by atoms with E-state index in [1.807, 2.05) is 6.92 Å². The number of aliphatic hydroxyl groups is 1. The molecule has 3 rings (SSSR count). The summed E-state index contributed by atoms with van der Waals surface area (Å²) in [5.41, 5.74) is 1.63. The number of amides is 1. The highest BCUT2D eigenvalue weighted by molar-refractivity contribution is 7.71. The molecule has 2 atom stereocenters. The van der Waals surface area contributed by atoms with Crippen molar-refractivity contribution in [2.24, 2.45) is 5.41 Å². The smallest absolute Gasteiger partial charge is 0.266 e. The fraction of sp³-hybridized carbons (Fsp3) is 0.500. The Hall–Kier alpha value is -1.66. The van der Waals surface area contributed by atoms with Crippen LogP contribution in [0.2, 0.25) is 0 Å². The third-order valence-electron chi connectivity index (χ3n) is 4.62.